The van der Waals surface area contributed by atoms with E-state index >= 15 is 0 Å². The van der Waals surface area contributed by atoms with E-state index in [0.29, 0.717) is 17.8 Å². The van der Waals surface area contributed by atoms with E-state index in [-0.39, 0.29) is 21.9 Å². The maximum atomic E-state index is 13.0. The SMILES string of the molecule is Nc1nc(Nc2ccccc2)sc1C(=O)c1cc(C(F)(F)F)cc(C(F)(F)F)c1. The van der Waals surface area contributed by atoms with Crippen molar-refractivity contribution < 1.29 is 31.1 Å². The van der Waals surface area contributed by atoms with Crippen LogP contribution in [0.3, 0.4) is 0 Å². The molecule has 0 fully saturated rings. The highest BCUT2D eigenvalue weighted by atomic mass is 32.1. The van der Waals surface area contributed by atoms with Crippen molar-refractivity contribution in [2.75, 3.05) is 11.1 Å². The second-order valence-corrected chi connectivity index (χ2v) is 6.85. The first-order valence-corrected chi connectivity index (χ1v) is 8.69. The van der Waals surface area contributed by atoms with Gasteiger partial charge in [0.05, 0.1) is 11.1 Å². The topological polar surface area (TPSA) is 68.0 Å². The fourth-order valence-corrected chi connectivity index (χ4v) is 3.28. The number of nitrogens with zero attached hydrogens (tertiary/aromatic N) is 1. The minimum absolute atomic E-state index is 0.0464. The summed E-state index contributed by atoms with van der Waals surface area (Å²) in [4.78, 5) is 16.3. The van der Waals surface area contributed by atoms with Gasteiger partial charge in [-0.15, -0.1) is 0 Å². The first-order valence-electron chi connectivity index (χ1n) is 7.87. The molecule has 0 saturated heterocycles. The fourth-order valence-electron chi connectivity index (χ4n) is 2.41. The van der Waals surface area contributed by atoms with Gasteiger partial charge < -0.3 is 11.1 Å². The van der Waals surface area contributed by atoms with Crippen molar-refractivity contribution in [3.63, 3.8) is 0 Å². The molecule has 0 saturated carbocycles. The number of hydrogen-bond donors (Lipinski definition) is 2. The lowest BCUT2D eigenvalue weighted by atomic mass is 10.0. The number of halogens is 6. The predicted molar refractivity (Wildman–Crippen MR) is 96.1 cm³/mol. The molecule has 0 aliphatic carbocycles. The van der Waals surface area contributed by atoms with E-state index in [1.165, 1.54) is 0 Å². The van der Waals surface area contributed by atoms with Crippen LogP contribution >= 0.6 is 11.3 Å². The highest BCUT2D eigenvalue weighted by Crippen LogP contribution is 2.38. The smallest absolute Gasteiger partial charge is 0.382 e. The summed E-state index contributed by atoms with van der Waals surface area (Å²) in [5.74, 6) is -1.39. The van der Waals surface area contributed by atoms with Crippen LogP contribution in [0.15, 0.2) is 48.5 Å². The van der Waals surface area contributed by atoms with Crippen LogP contribution in [0.5, 0.6) is 0 Å². The number of para-hydroxylation sites is 1. The Morgan fingerprint density at radius 1 is 0.931 bits per heavy atom. The Morgan fingerprint density at radius 2 is 1.48 bits per heavy atom. The second-order valence-electron chi connectivity index (χ2n) is 5.85. The van der Waals surface area contributed by atoms with Crippen LogP contribution in [0.2, 0.25) is 0 Å². The summed E-state index contributed by atoms with van der Waals surface area (Å²) < 4.78 is 78.0. The Hall–Kier alpha value is -3.08. The van der Waals surface area contributed by atoms with Gasteiger partial charge >= 0.3 is 12.4 Å². The highest BCUT2D eigenvalue weighted by molar-refractivity contribution is 7.18. The molecular weight excluding hydrogens is 420 g/mol. The van der Waals surface area contributed by atoms with Gasteiger partial charge in [0.15, 0.2) is 5.13 Å². The van der Waals surface area contributed by atoms with Crippen molar-refractivity contribution in [1.82, 2.24) is 4.98 Å². The maximum Gasteiger partial charge on any atom is 0.416 e. The molecule has 4 nitrogen and oxygen atoms in total. The molecule has 1 aromatic heterocycles. The molecule has 3 N–H and O–H groups in total. The summed E-state index contributed by atoms with van der Waals surface area (Å²) >= 11 is 0.725. The zero-order valence-electron chi connectivity index (χ0n) is 14.2. The average molecular weight is 431 g/mol. The Balaban J connectivity index is 2.00. The number of alkyl halides is 6. The van der Waals surface area contributed by atoms with Gasteiger partial charge in [-0.1, -0.05) is 29.5 Å². The van der Waals surface area contributed by atoms with Crippen molar-refractivity contribution in [2.24, 2.45) is 0 Å². The quantitative estimate of drug-likeness (QED) is 0.409. The standard InChI is InChI=1S/C18H11F6N3OS/c19-17(20,21)10-6-9(7-11(8-10)18(22,23)24)13(28)14-15(25)27-16(29-14)26-12-4-2-1-3-5-12/h1-8H,25H2,(H,26,27). The van der Waals surface area contributed by atoms with Gasteiger partial charge in [-0.2, -0.15) is 26.3 Å². The lowest BCUT2D eigenvalue weighted by Crippen LogP contribution is -2.14. The van der Waals surface area contributed by atoms with Crippen molar-refractivity contribution in [3.05, 3.63) is 70.1 Å². The first kappa shape index (κ1) is 20.6. The molecule has 0 bridgehead atoms. The minimum atomic E-state index is -5.06. The number of aromatic nitrogens is 1. The normalized spacial score (nSPS) is 12.1. The van der Waals surface area contributed by atoms with Crippen LogP contribution in [0, 0.1) is 0 Å². The molecule has 0 amide bonds. The minimum Gasteiger partial charge on any atom is -0.382 e. The monoisotopic (exact) mass is 431 g/mol. The number of ketones is 1. The van der Waals surface area contributed by atoms with E-state index in [0.717, 1.165) is 11.3 Å². The van der Waals surface area contributed by atoms with Crippen LogP contribution in [-0.2, 0) is 12.4 Å². The van der Waals surface area contributed by atoms with Gasteiger partial charge in [0.2, 0.25) is 5.78 Å². The number of nitrogens with one attached hydrogen (secondary N) is 1. The largest absolute Gasteiger partial charge is 0.416 e. The van der Waals surface area contributed by atoms with E-state index < -0.39 is 34.8 Å². The van der Waals surface area contributed by atoms with Crippen LogP contribution in [0.25, 0.3) is 0 Å². The summed E-state index contributed by atoms with van der Waals surface area (Å²) in [5.41, 5.74) is 2.34. The number of carbonyl (C=O) groups is 1. The van der Waals surface area contributed by atoms with Gasteiger partial charge in [0.25, 0.3) is 0 Å². The zero-order valence-corrected chi connectivity index (χ0v) is 15.0. The van der Waals surface area contributed by atoms with Crippen LogP contribution in [-0.4, -0.2) is 10.8 Å². The third-order valence-electron chi connectivity index (χ3n) is 3.73. The Kier molecular flexibility index (Phi) is 5.26. The number of carbonyl (C=O) groups excluding carboxylic acids is 1. The third-order valence-corrected chi connectivity index (χ3v) is 4.72. The number of nitrogens with two attached hydrogens (primary N) is 1. The molecule has 0 spiro atoms. The highest BCUT2D eigenvalue weighted by Gasteiger charge is 2.37. The molecule has 29 heavy (non-hydrogen) atoms. The number of anilines is 3. The summed E-state index contributed by atoms with van der Waals surface area (Å²) in [7, 11) is 0. The molecule has 0 aliphatic rings. The number of thiazole rings is 1. The molecule has 11 heteroatoms. The van der Waals surface area contributed by atoms with E-state index in [9.17, 15) is 31.1 Å². The van der Waals surface area contributed by atoms with Crippen molar-refractivity contribution in [3.8, 4) is 0 Å². The molecule has 0 aliphatic heterocycles. The van der Waals surface area contributed by atoms with Gasteiger partial charge in [0.1, 0.15) is 10.7 Å². The van der Waals surface area contributed by atoms with Crippen LogP contribution in [0.4, 0.5) is 43.0 Å². The second kappa shape index (κ2) is 7.39. The zero-order chi connectivity index (χ0) is 21.4. The number of nitrogen functional groups attached to an aromatic ring is 1. The summed E-state index contributed by atoms with van der Waals surface area (Å²) in [6.07, 6.45) is -10.1. The summed E-state index contributed by atoms with van der Waals surface area (Å²) in [6.45, 7) is 0. The van der Waals surface area contributed by atoms with Crippen molar-refractivity contribution in [2.45, 2.75) is 12.4 Å². The van der Waals surface area contributed by atoms with Gasteiger partial charge in [-0.25, -0.2) is 4.98 Å². The van der Waals surface area contributed by atoms with E-state index in [2.05, 4.69) is 10.3 Å². The molecule has 3 aromatic rings. The Bertz CT molecular complexity index is 1010. The molecule has 1 heterocycles. The van der Waals surface area contributed by atoms with Crippen LogP contribution in [0.1, 0.15) is 26.4 Å². The summed E-state index contributed by atoms with van der Waals surface area (Å²) in [6, 6.07) is 9.29. The number of hydrogen-bond acceptors (Lipinski definition) is 5. The van der Waals surface area contributed by atoms with Crippen LogP contribution < -0.4 is 11.1 Å². The van der Waals surface area contributed by atoms with Gasteiger partial charge in [-0.05, 0) is 30.3 Å². The van der Waals surface area contributed by atoms with E-state index in [1.807, 2.05) is 0 Å². The molecule has 0 radical (unpaired) electrons. The Labute approximate surface area is 164 Å². The third kappa shape index (κ3) is 4.67. The lowest BCUT2D eigenvalue weighted by molar-refractivity contribution is -0.143. The molecular formula is C18H11F6N3OS. The van der Waals surface area contributed by atoms with Gasteiger partial charge in [0, 0.05) is 11.3 Å². The molecule has 0 unspecified atom stereocenters. The van der Waals surface area contributed by atoms with Gasteiger partial charge in [-0.3, -0.25) is 4.79 Å². The number of rotatable bonds is 4. The molecule has 0 atom stereocenters. The first-order chi connectivity index (χ1) is 13.4. The average Bonchev–Trinajstić information content (AvgIpc) is 3.00. The van der Waals surface area contributed by atoms with E-state index in [4.69, 9.17) is 5.73 Å². The summed E-state index contributed by atoms with van der Waals surface area (Å²) in [5, 5.41) is 3.02. The predicted octanol–water partition coefficient (Wildman–Crippen LogP) is 5.74. The van der Waals surface area contributed by atoms with Crippen molar-refractivity contribution >= 4 is 33.8 Å². The Morgan fingerprint density at radius 3 is 2.00 bits per heavy atom. The lowest BCUT2D eigenvalue weighted by Gasteiger charge is -2.13. The maximum absolute atomic E-state index is 13.0. The van der Waals surface area contributed by atoms with E-state index in [1.54, 1.807) is 30.3 Å². The van der Waals surface area contributed by atoms with Crippen molar-refractivity contribution in [1.29, 1.82) is 0 Å². The molecule has 3 rings (SSSR count). The molecule has 152 valence electrons. The molecule has 2 aromatic carbocycles. The fraction of sp³-hybridized carbons (Fsp3) is 0.111. The number of benzene rings is 2.